The number of rotatable bonds is 3. The van der Waals surface area contributed by atoms with Gasteiger partial charge in [0.2, 0.25) is 17.8 Å². The summed E-state index contributed by atoms with van der Waals surface area (Å²) in [5, 5.41) is 5.59. The zero-order valence-electron chi connectivity index (χ0n) is 15.8. The van der Waals surface area contributed by atoms with Gasteiger partial charge in [0.15, 0.2) is 0 Å². The van der Waals surface area contributed by atoms with Crippen molar-refractivity contribution in [2.45, 2.75) is 12.5 Å². The third-order valence-electron chi connectivity index (χ3n) is 5.02. The Morgan fingerprint density at radius 1 is 1.00 bits per heavy atom. The van der Waals surface area contributed by atoms with Crippen LogP contribution in [0.15, 0.2) is 59.6 Å². The summed E-state index contributed by atoms with van der Waals surface area (Å²) in [6.45, 7) is 2.70. The Hall–Kier alpha value is -3.42. The van der Waals surface area contributed by atoms with Crippen LogP contribution in [0.4, 0.5) is 15.8 Å². The van der Waals surface area contributed by atoms with Gasteiger partial charge in [-0.2, -0.15) is 0 Å². The maximum Gasteiger partial charge on any atom is 0.249 e. The van der Waals surface area contributed by atoms with Gasteiger partial charge in [-0.1, -0.05) is 18.2 Å². The molecule has 7 nitrogen and oxygen atoms in total. The molecular formula is C21H22FN5O2. The molecular weight excluding hydrogens is 373 g/mol. The van der Waals surface area contributed by atoms with Crippen LogP contribution in [0.5, 0.6) is 0 Å². The molecule has 8 heteroatoms. The predicted molar refractivity (Wildman–Crippen MR) is 109 cm³/mol. The molecule has 2 N–H and O–H groups in total. The van der Waals surface area contributed by atoms with Gasteiger partial charge in [0, 0.05) is 37.6 Å². The number of piperazine rings is 1. The van der Waals surface area contributed by atoms with Crippen LogP contribution >= 0.6 is 0 Å². The molecule has 1 fully saturated rings. The molecule has 2 aromatic rings. The molecule has 1 unspecified atom stereocenters. The molecule has 2 aliphatic rings. The summed E-state index contributed by atoms with van der Waals surface area (Å²) in [4.78, 5) is 33.3. The molecule has 0 saturated carbocycles. The van der Waals surface area contributed by atoms with Crippen LogP contribution in [-0.2, 0) is 9.59 Å². The van der Waals surface area contributed by atoms with E-state index in [4.69, 9.17) is 0 Å². The highest BCUT2D eigenvalue weighted by Gasteiger charge is 2.30. The molecule has 29 heavy (non-hydrogen) atoms. The zero-order valence-corrected chi connectivity index (χ0v) is 15.8. The topological polar surface area (TPSA) is 77.0 Å². The first-order valence-corrected chi connectivity index (χ1v) is 9.57. The lowest BCUT2D eigenvalue weighted by Crippen LogP contribution is -2.56. The highest BCUT2D eigenvalue weighted by Crippen LogP contribution is 2.18. The summed E-state index contributed by atoms with van der Waals surface area (Å²) in [5.74, 6) is -0.336. The molecule has 2 aromatic carbocycles. The third kappa shape index (κ3) is 4.53. The SMILES string of the molecule is O=C1CC(C(=O)Nc2ccccc2)N=C(N2CCN(c3ccc(F)cc3)CC2)N1. The minimum Gasteiger partial charge on any atom is -0.368 e. The van der Waals surface area contributed by atoms with E-state index in [1.54, 1.807) is 24.3 Å². The molecule has 2 aliphatic heterocycles. The first-order valence-electron chi connectivity index (χ1n) is 9.57. The summed E-state index contributed by atoms with van der Waals surface area (Å²) in [6, 6.07) is 14.8. The van der Waals surface area contributed by atoms with E-state index < -0.39 is 6.04 Å². The summed E-state index contributed by atoms with van der Waals surface area (Å²) in [5.41, 5.74) is 1.63. The third-order valence-corrected chi connectivity index (χ3v) is 5.02. The number of benzene rings is 2. The molecule has 0 aliphatic carbocycles. The Kier molecular flexibility index (Phi) is 5.41. The Morgan fingerprint density at radius 2 is 1.66 bits per heavy atom. The van der Waals surface area contributed by atoms with E-state index in [1.165, 1.54) is 12.1 Å². The van der Waals surface area contributed by atoms with Crippen molar-refractivity contribution in [2.24, 2.45) is 4.99 Å². The fourth-order valence-electron chi connectivity index (χ4n) is 3.46. The number of carbonyl (C=O) groups is 2. The van der Waals surface area contributed by atoms with Crippen molar-refractivity contribution < 1.29 is 14.0 Å². The second-order valence-corrected chi connectivity index (χ2v) is 7.03. The van der Waals surface area contributed by atoms with E-state index in [-0.39, 0.29) is 24.1 Å². The van der Waals surface area contributed by atoms with Gasteiger partial charge in [-0.25, -0.2) is 9.38 Å². The van der Waals surface area contributed by atoms with Crippen LogP contribution in [0.1, 0.15) is 6.42 Å². The average molecular weight is 395 g/mol. The van der Waals surface area contributed by atoms with Gasteiger partial charge in [0.25, 0.3) is 0 Å². The summed E-state index contributed by atoms with van der Waals surface area (Å²) >= 11 is 0. The largest absolute Gasteiger partial charge is 0.368 e. The molecule has 1 atom stereocenters. The first kappa shape index (κ1) is 18.9. The first-order chi connectivity index (χ1) is 14.1. The Morgan fingerprint density at radius 3 is 2.34 bits per heavy atom. The number of aliphatic imine (C=N–C) groups is 1. The molecule has 1 saturated heterocycles. The number of anilines is 2. The highest BCUT2D eigenvalue weighted by atomic mass is 19.1. The number of amides is 2. The van der Waals surface area contributed by atoms with E-state index in [2.05, 4.69) is 20.5 Å². The quantitative estimate of drug-likeness (QED) is 0.831. The van der Waals surface area contributed by atoms with E-state index >= 15 is 0 Å². The molecule has 0 aromatic heterocycles. The Labute approximate surface area is 168 Å². The lowest BCUT2D eigenvalue weighted by molar-refractivity contribution is -0.125. The molecule has 150 valence electrons. The smallest absolute Gasteiger partial charge is 0.249 e. The Bertz CT molecular complexity index is 908. The molecule has 0 bridgehead atoms. The fourth-order valence-corrected chi connectivity index (χ4v) is 3.46. The molecule has 4 rings (SSSR count). The summed E-state index contributed by atoms with van der Waals surface area (Å²) in [6.07, 6.45) is 0.0255. The van der Waals surface area contributed by atoms with Crippen LogP contribution in [0.2, 0.25) is 0 Å². The fraction of sp³-hybridized carbons (Fsp3) is 0.286. The standard InChI is InChI=1S/C21H22FN5O2/c22-15-6-8-17(9-7-15)26-10-12-27(13-11-26)21-24-18(14-19(28)25-21)20(29)23-16-4-2-1-3-5-16/h1-9,18H,10-14H2,(H,23,29)(H,24,25,28). The predicted octanol–water partition coefficient (Wildman–Crippen LogP) is 1.83. The van der Waals surface area contributed by atoms with Crippen molar-refractivity contribution in [3.05, 3.63) is 60.4 Å². The summed E-state index contributed by atoms with van der Waals surface area (Å²) < 4.78 is 13.1. The lowest BCUT2D eigenvalue weighted by Gasteiger charge is -2.38. The van der Waals surface area contributed by atoms with E-state index in [1.807, 2.05) is 23.1 Å². The maximum atomic E-state index is 13.1. The minimum absolute atomic E-state index is 0.0255. The molecule has 0 spiro atoms. The molecule has 0 radical (unpaired) electrons. The summed E-state index contributed by atoms with van der Waals surface area (Å²) in [7, 11) is 0. The van der Waals surface area contributed by atoms with Crippen molar-refractivity contribution in [2.75, 3.05) is 36.4 Å². The molecule has 2 heterocycles. The van der Waals surface area contributed by atoms with Crippen molar-refractivity contribution in [1.29, 1.82) is 0 Å². The van der Waals surface area contributed by atoms with Crippen molar-refractivity contribution in [3.8, 4) is 0 Å². The van der Waals surface area contributed by atoms with Crippen LogP contribution in [0.3, 0.4) is 0 Å². The van der Waals surface area contributed by atoms with E-state index in [9.17, 15) is 14.0 Å². The van der Waals surface area contributed by atoms with Gasteiger partial charge in [-0.3, -0.25) is 14.9 Å². The van der Waals surface area contributed by atoms with Gasteiger partial charge in [0.05, 0.1) is 6.42 Å². The average Bonchev–Trinajstić information content (AvgIpc) is 2.75. The van der Waals surface area contributed by atoms with Gasteiger partial charge in [0.1, 0.15) is 11.9 Å². The van der Waals surface area contributed by atoms with Gasteiger partial charge in [-0.05, 0) is 36.4 Å². The molecule has 2 amide bonds. The maximum absolute atomic E-state index is 13.1. The van der Waals surface area contributed by atoms with Crippen molar-refractivity contribution in [3.63, 3.8) is 0 Å². The number of nitrogens with one attached hydrogen (secondary N) is 2. The number of hydrogen-bond donors (Lipinski definition) is 2. The van der Waals surface area contributed by atoms with Gasteiger partial charge in [-0.15, -0.1) is 0 Å². The number of guanidine groups is 1. The van der Waals surface area contributed by atoms with Gasteiger partial charge >= 0.3 is 0 Å². The van der Waals surface area contributed by atoms with Crippen molar-refractivity contribution >= 4 is 29.1 Å². The van der Waals surface area contributed by atoms with Gasteiger partial charge < -0.3 is 15.1 Å². The lowest BCUT2D eigenvalue weighted by atomic mass is 10.1. The van der Waals surface area contributed by atoms with Crippen LogP contribution < -0.4 is 15.5 Å². The van der Waals surface area contributed by atoms with Crippen molar-refractivity contribution in [1.82, 2.24) is 10.2 Å². The highest BCUT2D eigenvalue weighted by molar-refractivity contribution is 6.06. The van der Waals surface area contributed by atoms with E-state index in [0.29, 0.717) is 37.8 Å². The van der Waals surface area contributed by atoms with Crippen LogP contribution in [-0.4, -0.2) is 54.9 Å². The van der Waals surface area contributed by atoms with Crippen LogP contribution in [0, 0.1) is 5.82 Å². The normalized spacial score (nSPS) is 19.4. The van der Waals surface area contributed by atoms with Crippen LogP contribution in [0.25, 0.3) is 0 Å². The van der Waals surface area contributed by atoms with E-state index in [0.717, 1.165) is 5.69 Å². The minimum atomic E-state index is -0.755. The number of nitrogens with zero attached hydrogens (tertiary/aromatic N) is 3. The number of hydrogen-bond acceptors (Lipinski definition) is 5. The Balaban J connectivity index is 1.40. The zero-order chi connectivity index (χ0) is 20.2. The number of para-hydroxylation sites is 1. The second kappa shape index (κ2) is 8.30. The number of carbonyl (C=O) groups excluding carboxylic acids is 2. The number of halogens is 1. The monoisotopic (exact) mass is 395 g/mol. The second-order valence-electron chi connectivity index (χ2n) is 7.03.